The molecule has 0 amide bonds. The van der Waals surface area contributed by atoms with Gasteiger partial charge in [0.25, 0.3) is 0 Å². The Balaban J connectivity index is 0. The Morgan fingerprint density at radius 1 is 1.18 bits per heavy atom. The van der Waals surface area contributed by atoms with Crippen molar-refractivity contribution in [2.24, 2.45) is 0 Å². The van der Waals surface area contributed by atoms with Gasteiger partial charge in [0.15, 0.2) is 0 Å². The standard InChI is InChI=1S/C8H7N.2BrH/c1-7-4-2-3-5-8(7)6-9;;/h2-5H,1H3;2*1H. The van der Waals surface area contributed by atoms with Gasteiger partial charge in [-0.05, 0) is 18.6 Å². The third-order valence-corrected chi connectivity index (χ3v) is 1.27. The SMILES string of the molecule is Br.Br.Cc1ccccc1C#N. The molecule has 0 atom stereocenters. The van der Waals surface area contributed by atoms with Crippen molar-refractivity contribution in [2.75, 3.05) is 0 Å². The highest BCUT2D eigenvalue weighted by Gasteiger charge is 1.89. The molecule has 0 unspecified atom stereocenters. The van der Waals surface area contributed by atoms with E-state index in [1.54, 1.807) is 0 Å². The Hall–Kier alpha value is -0.330. The van der Waals surface area contributed by atoms with Gasteiger partial charge in [0.05, 0.1) is 11.6 Å². The second kappa shape index (κ2) is 6.38. The molecule has 0 aliphatic rings. The number of hydrogen-bond donors (Lipinski definition) is 0. The van der Waals surface area contributed by atoms with Gasteiger partial charge in [0, 0.05) is 0 Å². The molecule has 3 heteroatoms. The minimum absolute atomic E-state index is 0. The predicted molar refractivity (Wildman–Crippen MR) is 56.5 cm³/mol. The Kier molecular flexibility index (Phi) is 7.70. The molecule has 1 nitrogen and oxygen atoms in total. The molecule has 0 aromatic heterocycles. The van der Waals surface area contributed by atoms with E-state index in [0.717, 1.165) is 11.1 Å². The Labute approximate surface area is 87.6 Å². The van der Waals surface area contributed by atoms with Gasteiger partial charge >= 0.3 is 0 Å². The predicted octanol–water partition coefficient (Wildman–Crippen LogP) is 3.02. The lowest BCUT2D eigenvalue weighted by Crippen LogP contribution is -1.77. The van der Waals surface area contributed by atoms with Crippen LogP contribution in [0.1, 0.15) is 11.1 Å². The van der Waals surface area contributed by atoms with E-state index in [1.165, 1.54) is 0 Å². The van der Waals surface area contributed by atoms with E-state index in [1.807, 2.05) is 31.2 Å². The topological polar surface area (TPSA) is 23.8 Å². The molecular weight excluding hydrogens is 270 g/mol. The van der Waals surface area contributed by atoms with Crippen molar-refractivity contribution in [3.8, 4) is 6.07 Å². The Morgan fingerprint density at radius 2 is 1.73 bits per heavy atom. The van der Waals surface area contributed by atoms with Crippen molar-refractivity contribution in [1.29, 1.82) is 5.26 Å². The zero-order chi connectivity index (χ0) is 6.69. The van der Waals surface area contributed by atoms with E-state index in [9.17, 15) is 0 Å². The summed E-state index contributed by atoms with van der Waals surface area (Å²) in [7, 11) is 0. The molecule has 0 N–H and O–H groups in total. The van der Waals surface area contributed by atoms with Crippen molar-refractivity contribution in [3.05, 3.63) is 35.4 Å². The summed E-state index contributed by atoms with van der Waals surface area (Å²) >= 11 is 0. The van der Waals surface area contributed by atoms with E-state index in [-0.39, 0.29) is 34.0 Å². The molecule has 60 valence electrons. The molecule has 0 aliphatic heterocycles. The van der Waals surface area contributed by atoms with Crippen LogP contribution in [0.15, 0.2) is 24.3 Å². The van der Waals surface area contributed by atoms with Crippen LogP contribution in [0.25, 0.3) is 0 Å². The lowest BCUT2D eigenvalue weighted by atomic mass is 10.1. The zero-order valence-corrected chi connectivity index (χ0v) is 9.50. The first-order valence-electron chi connectivity index (χ1n) is 2.80. The van der Waals surface area contributed by atoms with Crippen LogP contribution in [-0.2, 0) is 0 Å². The van der Waals surface area contributed by atoms with Crippen LogP contribution in [-0.4, -0.2) is 0 Å². The second-order valence-corrected chi connectivity index (χ2v) is 1.93. The highest BCUT2D eigenvalue weighted by molar-refractivity contribution is 8.93. The number of hydrogen-bond acceptors (Lipinski definition) is 1. The minimum atomic E-state index is 0. The first-order chi connectivity index (χ1) is 4.34. The van der Waals surface area contributed by atoms with Crippen LogP contribution >= 0.6 is 34.0 Å². The third-order valence-electron chi connectivity index (χ3n) is 1.27. The van der Waals surface area contributed by atoms with Gasteiger partial charge < -0.3 is 0 Å². The summed E-state index contributed by atoms with van der Waals surface area (Å²) < 4.78 is 0. The van der Waals surface area contributed by atoms with Gasteiger partial charge in [-0.3, -0.25) is 0 Å². The normalized spacial score (nSPS) is 6.91. The first-order valence-corrected chi connectivity index (χ1v) is 2.80. The van der Waals surface area contributed by atoms with Crippen LogP contribution in [0.5, 0.6) is 0 Å². The molecule has 0 spiro atoms. The molecule has 0 fully saturated rings. The number of rotatable bonds is 0. The molecule has 0 aliphatic carbocycles. The average molecular weight is 279 g/mol. The minimum Gasteiger partial charge on any atom is -0.192 e. The summed E-state index contributed by atoms with van der Waals surface area (Å²) in [5.41, 5.74) is 1.80. The maximum absolute atomic E-state index is 8.47. The highest BCUT2D eigenvalue weighted by Crippen LogP contribution is 2.03. The van der Waals surface area contributed by atoms with Crippen LogP contribution in [0.3, 0.4) is 0 Å². The summed E-state index contributed by atoms with van der Waals surface area (Å²) in [5, 5.41) is 8.47. The highest BCUT2D eigenvalue weighted by atomic mass is 79.9. The summed E-state index contributed by atoms with van der Waals surface area (Å²) in [4.78, 5) is 0. The molecule has 1 rings (SSSR count). The van der Waals surface area contributed by atoms with Crippen LogP contribution in [0, 0.1) is 18.3 Å². The summed E-state index contributed by atoms with van der Waals surface area (Å²) in [6, 6.07) is 9.63. The number of nitriles is 1. The fourth-order valence-electron chi connectivity index (χ4n) is 0.698. The fourth-order valence-corrected chi connectivity index (χ4v) is 0.698. The molecular formula is C8H9Br2N. The summed E-state index contributed by atoms with van der Waals surface area (Å²) in [6.07, 6.45) is 0. The molecule has 11 heavy (non-hydrogen) atoms. The van der Waals surface area contributed by atoms with E-state index in [4.69, 9.17) is 5.26 Å². The summed E-state index contributed by atoms with van der Waals surface area (Å²) in [6.45, 7) is 1.93. The lowest BCUT2D eigenvalue weighted by molar-refractivity contribution is 1.39. The van der Waals surface area contributed by atoms with Gasteiger partial charge in [0.1, 0.15) is 0 Å². The van der Waals surface area contributed by atoms with Gasteiger partial charge in [-0.15, -0.1) is 34.0 Å². The number of halogens is 2. The Bertz CT molecular complexity index is 253. The molecule has 0 saturated carbocycles. The smallest absolute Gasteiger partial charge is 0.0994 e. The van der Waals surface area contributed by atoms with E-state index < -0.39 is 0 Å². The molecule has 0 heterocycles. The van der Waals surface area contributed by atoms with Gasteiger partial charge in [-0.2, -0.15) is 5.26 Å². The molecule has 1 aromatic rings. The Morgan fingerprint density at radius 3 is 2.09 bits per heavy atom. The van der Waals surface area contributed by atoms with Crippen LogP contribution in [0.4, 0.5) is 0 Å². The lowest BCUT2D eigenvalue weighted by Gasteiger charge is -1.90. The van der Waals surface area contributed by atoms with Crippen LogP contribution < -0.4 is 0 Å². The number of nitrogens with zero attached hydrogens (tertiary/aromatic N) is 1. The number of benzene rings is 1. The molecule has 0 bridgehead atoms. The number of aryl methyl sites for hydroxylation is 1. The van der Waals surface area contributed by atoms with E-state index >= 15 is 0 Å². The maximum atomic E-state index is 8.47. The molecule has 1 aromatic carbocycles. The second-order valence-electron chi connectivity index (χ2n) is 1.93. The maximum Gasteiger partial charge on any atom is 0.0994 e. The first kappa shape index (κ1) is 13.3. The van der Waals surface area contributed by atoms with Crippen molar-refractivity contribution in [3.63, 3.8) is 0 Å². The largest absolute Gasteiger partial charge is 0.192 e. The average Bonchev–Trinajstić information content (AvgIpc) is 1.89. The van der Waals surface area contributed by atoms with E-state index in [0.29, 0.717) is 0 Å². The monoisotopic (exact) mass is 277 g/mol. The van der Waals surface area contributed by atoms with Gasteiger partial charge in [-0.25, -0.2) is 0 Å². The van der Waals surface area contributed by atoms with Crippen molar-refractivity contribution >= 4 is 34.0 Å². The van der Waals surface area contributed by atoms with Crippen molar-refractivity contribution < 1.29 is 0 Å². The van der Waals surface area contributed by atoms with Gasteiger partial charge in [-0.1, -0.05) is 18.2 Å². The third kappa shape index (κ3) is 3.54. The van der Waals surface area contributed by atoms with Gasteiger partial charge in [0.2, 0.25) is 0 Å². The molecule has 0 radical (unpaired) electrons. The quantitative estimate of drug-likeness (QED) is 0.716. The van der Waals surface area contributed by atoms with Crippen molar-refractivity contribution in [1.82, 2.24) is 0 Å². The van der Waals surface area contributed by atoms with E-state index in [2.05, 4.69) is 6.07 Å². The molecule has 0 saturated heterocycles. The zero-order valence-electron chi connectivity index (χ0n) is 6.07. The summed E-state index contributed by atoms with van der Waals surface area (Å²) in [5.74, 6) is 0. The van der Waals surface area contributed by atoms with Crippen molar-refractivity contribution in [2.45, 2.75) is 6.92 Å². The fraction of sp³-hybridized carbons (Fsp3) is 0.125. The van der Waals surface area contributed by atoms with Crippen LogP contribution in [0.2, 0.25) is 0 Å².